The van der Waals surface area contributed by atoms with E-state index in [2.05, 4.69) is 32.2 Å². The second-order valence-corrected chi connectivity index (χ2v) is 7.48. The topological polar surface area (TPSA) is 107 Å². The molecule has 33 heavy (non-hydrogen) atoms. The van der Waals surface area contributed by atoms with E-state index in [0.717, 1.165) is 32.0 Å². The van der Waals surface area contributed by atoms with Gasteiger partial charge in [-0.05, 0) is 33.0 Å². The van der Waals surface area contributed by atoms with Crippen LogP contribution < -0.4 is 25.3 Å². The summed E-state index contributed by atoms with van der Waals surface area (Å²) in [5.74, 6) is -1.53. The maximum atomic E-state index is 14.5. The first-order valence-corrected chi connectivity index (χ1v) is 10.4. The van der Waals surface area contributed by atoms with Gasteiger partial charge in [-0.1, -0.05) is 0 Å². The van der Waals surface area contributed by atoms with Crippen molar-refractivity contribution in [1.29, 1.82) is 0 Å². The van der Waals surface area contributed by atoms with Gasteiger partial charge < -0.3 is 30.2 Å². The first-order valence-electron chi connectivity index (χ1n) is 10.4. The molecule has 1 aromatic heterocycles. The van der Waals surface area contributed by atoms with Gasteiger partial charge in [0.1, 0.15) is 6.61 Å². The van der Waals surface area contributed by atoms with Crippen molar-refractivity contribution in [2.24, 2.45) is 10.7 Å². The summed E-state index contributed by atoms with van der Waals surface area (Å²) in [7, 11) is 4.66. The van der Waals surface area contributed by atoms with Gasteiger partial charge in [-0.15, -0.1) is 0 Å². The fraction of sp³-hybridized carbons (Fsp3) is 0.409. The van der Waals surface area contributed by atoms with Crippen LogP contribution in [0.5, 0.6) is 17.2 Å². The van der Waals surface area contributed by atoms with Crippen LogP contribution in [0.2, 0.25) is 0 Å². The van der Waals surface area contributed by atoms with Crippen LogP contribution in [-0.4, -0.2) is 61.5 Å². The standard InChI is InChI=1S/C22H28F2N6O3/c1-30-6-4-14(5-7-30)26-10-15(9-25)29-22-27-11-16(12-28-22)33-13-17-20(23)18(31-2)8-19(32-3)21(17)24/h8-12,14H,4-7,13,25H2,1-3H3,(H,27,28,29). The fourth-order valence-corrected chi connectivity index (χ4v) is 3.25. The Hall–Kier alpha value is -3.47. The molecule has 1 aliphatic heterocycles. The van der Waals surface area contributed by atoms with Crippen molar-refractivity contribution in [3.05, 3.63) is 47.6 Å². The number of benzene rings is 1. The summed E-state index contributed by atoms with van der Waals surface area (Å²) in [5, 5.41) is 2.97. The van der Waals surface area contributed by atoms with E-state index in [1.807, 2.05) is 0 Å². The minimum absolute atomic E-state index is 0.148. The average Bonchev–Trinajstić information content (AvgIpc) is 2.83. The highest BCUT2D eigenvalue weighted by molar-refractivity contribution is 5.82. The van der Waals surface area contributed by atoms with Gasteiger partial charge >= 0.3 is 0 Å². The summed E-state index contributed by atoms with van der Waals surface area (Å²) in [4.78, 5) is 15.1. The van der Waals surface area contributed by atoms with Crippen LogP contribution in [-0.2, 0) is 6.61 Å². The number of likely N-dealkylation sites (tertiary alicyclic amines) is 1. The van der Waals surface area contributed by atoms with Gasteiger partial charge in [0.05, 0.1) is 43.9 Å². The first-order chi connectivity index (χ1) is 15.9. The third-order valence-electron chi connectivity index (χ3n) is 5.22. The van der Waals surface area contributed by atoms with Crippen LogP contribution in [0, 0.1) is 11.6 Å². The van der Waals surface area contributed by atoms with E-state index in [0.29, 0.717) is 5.70 Å². The molecule has 2 aromatic rings. The van der Waals surface area contributed by atoms with Crippen LogP contribution in [0.15, 0.2) is 35.3 Å². The molecular weight excluding hydrogens is 434 g/mol. The van der Waals surface area contributed by atoms with Crippen molar-refractivity contribution in [1.82, 2.24) is 14.9 Å². The Morgan fingerprint density at radius 2 is 1.79 bits per heavy atom. The highest BCUT2D eigenvalue weighted by Gasteiger charge is 2.20. The zero-order chi connectivity index (χ0) is 23.8. The smallest absolute Gasteiger partial charge is 0.227 e. The van der Waals surface area contributed by atoms with Crippen molar-refractivity contribution in [2.75, 3.05) is 39.7 Å². The zero-order valence-electron chi connectivity index (χ0n) is 18.8. The van der Waals surface area contributed by atoms with Gasteiger partial charge in [-0.3, -0.25) is 4.99 Å². The summed E-state index contributed by atoms with van der Waals surface area (Å²) in [6.45, 7) is 1.62. The third-order valence-corrected chi connectivity index (χ3v) is 5.22. The summed E-state index contributed by atoms with van der Waals surface area (Å²) in [5.41, 5.74) is 5.90. The van der Waals surface area contributed by atoms with Gasteiger partial charge in [-0.2, -0.15) is 0 Å². The molecule has 0 aliphatic carbocycles. The van der Waals surface area contributed by atoms with E-state index in [9.17, 15) is 8.78 Å². The number of nitrogens with one attached hydrogen (secondary N) is 1. The molecule has 3 rings (SSSR count). The van der Waals surface area contributed by atoms with Crippen molar-refractivity contribution >= 4 is 12.2 Å². The molecule has 0 spiro atoms. The molecule has 0 amide bonds. The van der Waals surface area contributed by atoms with Gasteiger partial charge in [0.25, 0.3) is 0 Å². The van der Waals surface area contributed by atoms with Gasteiger partial charge in [0.2, 0.25) is 5.95 Å². The third kappa shape index (κ3) is 6.28. The van der Waals surface area contributed by atoms with E-state index < -0.39 is 18.2 Å². The van der Waals surface area contributed by atoms with Crippen molar-refractivity contribution < 1.29 is 23.0 Å². The van der Waals surface area contributed by atoms with E-state index in [-0.39, 0.29) is 34.8 Å². The van der Waals surface area contributed by atoms with Crippen LogP contribution in [0.3, 0.4) is 0 Å². The number of methoxy groups -OCH3 is 2. The van der Waals surface area contributed by atoms with E-state index in [1.54, 1.807) is 6.21 Å². The molecule has 3 N–H and O–H groups in total. The number of allylic oxidation sites excluding steroid dienone is 1. The average molecular weight is 463 g/mol. The lowest BCUT2D eigenvalue weighted by Crippen LogP contribution is -2.32. The Bertz CT molecular complexity index is 964. The number of aliphatic imine (C=N–C) groups is 1. The number of nitrogens with two attached hydrogens (primary N) is 1. The molecule has 1 saturated heterocycles. The largest absolute Gasteiger partial charge is 0.494 e. The predicted molar refractivity (Wildman–Crippen MR) is 121 cm³/mol. The fourth-order valence-electron chi connectivity index (χ4n) is 3.25. The van der Waals surface area contributed by atoms with E-state index >= 15 is 0 Å². The Labute approximate surface area is 191 Å². The minimum Gasteiger partial charge on any atom is -0.494 e. The molecular formula is C22H28F2N6O3. The van der Waals surface area contributed by atoms with Crippen molar-refractivity contribution in [2.45, 2.75) is 25.5 Å². The molecule has 2 heterocycles. The summed E-state index contributed by atoms with van der Waals surface area (Å²) in [6, 6.07) is 1.39. The van der Waals surface area contributed by atoms with E-state index in [4.69, 9.17) is 19.9 Å². The molecule has 178 valence electrons. The molecule has 1 aromatic carbocycles. The molecule has 11 heteroatoms. The first kappa shape index (κ1) is 24.2. The lowest BCUT2D eigenvalue weighted by Gasteiger charge is -2.26. The van der Waals surface area contributed by atoms with Crippen LogP contribution in [0.1, 0.15) is 18.4 Å². The predicted octanol–water partition coefficient (Wildman–Crippen LogP) is 2.73. The number of anilines is 1. The number of aromatic nitrogens is 2. The molecule has 1 aliphatic rings. The maximum Gasteiger partial charge on any atom is 0.227 e. The molecule has 0 bridgehead atoms. The maximum absolute atomic E-state index is 14.5. The molecule has 0 atom stereocenters. The van der Waals surface area contributed by atoms with Gasteiger partial charge in [0.15, 0.2) is 28.9 Å². The van der Waals surface area contributed by atoms with E-state index in [1.165, 1.54) is 32.8 Å². The lowest BCUT2D eigenvalue weighted by molar-refractivity contribution is 0.257. The molecule has 0 unspecified atom stereocenters. The monoisotopic (exact) mass is 462 g/mol. The summed E-state index contributed by atoms with van der Waals surface area (Å²) in [6.07, 6.45) is 7.80. The number of nitrogens with zero attached hydrogens (tertiary/aromatic N) is 4. The normalized spacial score (nSPS) is 15.6. The quantitative estimate of drug-likeness (QED) is 0.548. The highest BCUT2D eigenvalue weighted by atomic mass is 19.1. The number of rotatable bonds is 9. The number of piperidine rings is 1. The highest BCUT2D eigenvalue weighted by Crippen LogP contribution is 2.31. The molecule has 9 nitrogen and oxygen atoms in total. The van der Waals surface area contributed by atoms with Crippen LogP contribution in [0.4, 0.5) is 14.7 Å². The number of hydrogen-bond acceptors (Lipinski definition) is 9. The SMILES string of the molecule is COc1cc(OC)c(F)c(COc2cnc(NC(C=NC3CCN(C)CC3)=CN)nc2)c1F. The lowest BCUT2D eigenvalue weighted by atomic mass is 10.1. The van der Waals surface area contributed by atoms with Gasteiger partial charge in [0, 0.05) is 18.5 Å². The summed E-state index contributed by atoms with van der Waals surface area (Å²) >= 11 is 0. The Balaban J connectivity index is 1.60. The second-order valence-electron chi connectivity index (χ2n) is 7.48. The molecule has 0 saturated carbocycles. The summed E-state index contributed by atoms with van der Waals surface area (Å²) < 4.78 is 44.2. The second kappa shape index (κ2) is 11.4. The molecule has 0 radical (unpaired) electrons. The number of ether oxygens (including phenoxy) is 3. The van der Waals surface area contributed by atoms with Crippen molar-refractivity contribution in [3.63, 3.8) is 0 Å². The minimum atomic E-state index is -0.864. The Morgan fingerprint density at radius 3 is 2.33 bits per heavy atom. The van der Waals surface area contributed by atoms with Crippen LogP contribution in [0.25, 0.3) is 0 Å². The number of hydrogen-bond donors (Lipinski definition) is 2. The van der Waals surface area contributed by atoms with Crippen LogP contribution >= 0.6 is 0 Å². The van der Waals surface area contributed by atoms with Gasteiger partial charge in [-0.25, -0.2) is 18.7 Å². The van der Waals surface area contributed by atoms with Crippen molar-refractivity contribution in [3.8, 4) is 17.2 Å². The Morgan fingerprint density at radius 1 is 1.18 bits per heavy atom. The molecule has 1 fully saturated rings. The number of halogens is 2. The Kier molecular flexibility index (Phi) is 8.36. The zero-order valence-corrected chi connectivity index (χ0v) is 18.8.